The summed E-state index contributed by atoms with van der Waals surface area (Å²) in [5.41, 5.74) is 2.69. The lowest BCUT2D eigenvalue weighted by Gasteiger charge is -2.05. The van der Waals surface area contributed by atoms with Gasteiger partial charge in [-0.15, -0.1) is 0 Å². The molecule has 0 amide bonds. The van der Waals surface area contributed by atoms with Crippen LogP contribution in [0.5, 0.6) is 0 Å². The minimum Gasteiger partial charge on any atom is -0.359 e. The third-order valence-corrected chi connectivity index (χ3v) is 5.12. The maximum absolute atomic E-state index is 12.3. The van der Waals surface area contributed by atoms with Crippen LogP contribution < -0.4 is 4.72 Å². The molecule has 1 heterocycles. The average molecular weight is 342 g/mol. The standard InChI is InChI=1S/C18H18N2O3S/c1-2-14-8-10-17(11-9-14)24(21,22)19-13-16-12-18(20-23-16)15-6-4-3-5-7-15/h3-12,19H,2,13H2,1H3. The molecular weight excluding hydrogens is 324 g/mol. The van der Waals surface area contributed by atoms with E-state index in [2.05, 4.69) is 9.88 Å². The van der Waals surface area contributed by atoms with Crippen LogP contribution in [-0.4, -0.2) is 13.6 Å². The highest BCUT2D eigenvalue weighted by Crippen LogP contribution is 2.19. The Balaban J connectivity index is 1.69. The lowest BCUT2D eigenvalue weighted by atomic mass is 10.1. The zero-order valence-electron chi connectivity index (χ0n) is 13.3. The lowest BCUT2D eigenvalue weighted by molar-refractivity contribution is 0.382. The number of nitrogens with one attached hydrogen (secondary N) is 1. The number of hydrogen-bond donors (Lipinski definition) is 1. The van der Waals surface area contributed by atoms with Gasteiger partial charge in [-0.3, -0.25) is 0 Å². The second-order valence-corrected chi connectivity index (χ2v) is 7.13. The van der Waals surface area contributed by atoms with E-state index in [0.717, 1.165) is 17.5 Å². The second-order valence-electron chi connectivity index (χ2n) is 5.37. The Morgan fingerprint density at radius 1 is 1.04 bits per heavy atom. The molecule has 0 aliphatic carbocycles. The first kappa shape index (κ1) is 16.4. The van der Waals surface area contributed by atoms with Gasteiger partial charge < -0.3 is 4.52 Å². The Morgan fingerprint density at radius 3 is 2.42 bits per heavy atom. The van der Waals surface area contributed by atoms with Crippen LogP contribution in [-0.2, 0) is 23.0 Å². The van der Waals surface area contributed by atoms with Crippen LogP contribution >= 0.6 is 0 Å². The number of hydrogen-bond acceptors (Lipinski definition) is 4. The van der Waals surface area contributed by atoms with Gasteiger partial charge in [-0.25, -0.2) is 13.1 Å². The Bertz CT molecular complexity index is 901. The molecule has 124 valence electrons. The Hall–Kier alpha value is -2.44. The van der Waals surface area contributed by atoms with E-state index in [0.29, 0.717) is 11.5 Å². The molecule has 6 heteroatoms. The van der Waals surface area contributed by atoms with E-state index in [9.17, 15) is 8.42 Å². The van der Waals surface area contributed by atoms with E-state index in [-0.39, 0.29) is 11.4 Å². The summed E-state index contributed by atoms with van der Waals surface area (Å²) in [5.74, 6) is 0.461. The average Bonchev–Trinajstić information content (AvgIpc) is 3.10. The highest BCUT2D eigenvalue weighted by Gasteiger charge is 2.15. The number of aryl methyl sites for hydroxylation is 1. The van der Waals surface area contributed by atoms with Gasteiger partial charge in [0.1, 0.15) is 5.69 Å². The first-order valence-corrected chi connectivity index (χ1v) is 9.16. The third kappa shape index (κ3) is 3.72. The van der Waals surface area contributed by atoms with Gasteiger partial charge in [0.15, 0.2) is 5.76 Å². The van der Waals surface area contributed by atoms with Crippen molar-refractivity contribution >= 4 is 10.0 Å². The summed E-state index contributed by atoms with van der Waals surface area (Å²) in [7, 11) is -3.58. The normalized spacial score (nSPS) is 11.5. The topological polar surface area (TPSA) is 72.2 Å². The maximum atomic E-state index is 12.3. The van der Waals surface area contributed by atoms with Crippen molar-refractivity contribution in [3.05, 3.63) is 72.0 Å². The highest BCUT2D eigenvalue weighted by atomic mass is 32.2. The maximum Gasteiger partial charge on any atom is 0.240 e. The molecule has 1 aromatic heterocycles. The molecule has 0 fully saturated rings. The summed E-state index contributed by atoms with van der Waals surface area (Å²) in [6.07, 6.45) is 0.869. The van der Waals surface area contributed by atoms with Crippen LogP contribution in [0.4, 0.5) is 0 Å². The van der Waals surface area contributed by atoms with Gasteiger partial charge in [0.05, 0.1) is 11.4 Å². The Morgan fingerprint density at radius 2 is 1.75 bits per heavy atom. The molecule has 1 N–H and O–H groups in total. The summed E-state index contributed by atoms with van der Waals surface area (Å²) < 4.78 is 32.4. The number of aromatic nitrogens is 1. The molecule has 0 radical (unpaired) electrons. The predicted octanol–water partition coefficient (Wildman–Crippen LogP) is 3.38. The quantitative estimate of drug-likeness (QED) is 0.745. The smallest absolute Gasteiger partial charge is 0.240 e. The summed E-state index contributed by atoms with van der Waals surface area (Å²) in [4.78, 5) is 0.238. The molecule has 24 heavy (non-hydrogen) atoms. The van der Waals surface area contributed by atoms with Crippen molar-refractivity contribution in [2.45, 2.75) is 24.8 Å². The number of benzene rings is 2. The summed E-state index contributed by atoms with van der Waals surface area (Å²) >= 11 is 0. The zero-order chi connectivity index (χ0) is 17.0. The van der Waals surface area contributed by atoms with Crippen molar-refractivity contribution in [1.29, 1.82) is 0 Å². The molecule has 0 aliphatic rings. The van der Waals surface area contributed by atoms with E-state index in [4.69, 9.17) is 4.52 Å². The molecule has 3 aromatic rings. The van der Waals surface area contributed by atoms with E-state index in [1.165, 1.54) is 0 Å². The van der Waals surface area contributed by atoms with Crippen LogP contribution in [0.1, 0.15) is 18.2 Å². The highest BCUT2D eigenvalue weighted by molar-refractivity contribution is 7.89. The van der Waals surface area contributed by atoms with Gasteiger partial charge >= 0.3 is 0 Å². The molecular formula is C18H18N2O3S. The Labute approximate surface area is 141 Å². The van der Waals surface area contributed by atoms with Gasteiger partial charge in [-0.2, -0.15) is 0 Å². The van der Waals surface area contributed by atoms with Crippen molar-refractivity contribution in [3.63, 3.8) is 0 Å². The number of nitrogens with zero attached hydrogens (tertiary/aromatic N) is 1. The van der Waals surface area contributed by atoms with Crippen LogP contribution in [0.2, 0.25) is 0 Å². The first-order valence-electron chi connectivity index (χ1n) is 7.68. The van der Waals surface area contributed by atoms with E-state index >= 15 is 0 Å². The van der Waals surface area contributed by atoms with Gasteiger partial charge in [0.2, 0.25) is 10.0 Å². The van der Waals surface area contributed by atoms with Crippen LogP contribution in [0, 0.1) is 0 Å². The number of rotatable bonds is 6. The molecule has 0 saturated carbocycles. The van der Waals surface area contributed by atoms with Crippen molar-refractivity contribution < 1.29 is 12.9 Å². The van der Waals surface area contributed by atoms with Gasteiger partial charge in [-0.1, -0.05) is 54.5 Å². The van der Waals surface area contributed by atoms with Crippen molar-refractivity contribution in [2.24, 2.45) is 0 Å². The molecule has 0 saturated heterocycles. The molecule has 0 bridgehead atoms. The summed E-state index contributed by atoms with van der Waals surface area (Å²) in [5, 5.41) is 3.97. The van der Waals surface area contributed by atoms with Crippen molar-refractivity contribution in [2.75, 3.05) is 0 Å². The fraction of sp³-hybridized carbons (Fsp3) is 0.167. The minimum atomic E-state index is -3.58. The molecule has 0 unspecified atom stereocenters. The number of sulfonamides is 1. The van der Waals surface area contributed by atoms with Gasteiger partial charge in [0.25, 0.3) is 0 Å². The molecule has 2 aromatic carbocycles. The van der Waals surface area contributed by atoms with Crippen molar-refractivity contribution in [1.82, 2.24) is 9.88 Å². The molecule has 0 aliphatic heterocycles. The fourth-order valence-corrected chi connectivity index (χ4v) is 3.29. The minimum absolute atomic E-state index is 0.0533. The first-order chi connectivity index (χ1) is 11.6. The second kappa shape index (κ2) is 6.98. The van der Waals surface area contributed by atoms with E-state index < -0.39 is 10.0 Å². The monoisotopic (exact) mass is 342 g/mol. The fourth-order valence-electron chi connectivity index (χ4n) is 2.30. The van der Waals surface area contributed by atoms with Gasteiger partial charge in [-0.05, 0) is 24.1 Å². The van der Waals surface area contributed by atoms with E-state index in [1.807, 2.05) is 49.4 Å². The predicted molar refractivity (Wildman–Crippen MR) is 91.8 cm³/mol. The molecule has 3 rings (SSSR count). The molecule has 0 spiro atoms. The van der Waals surface area contributed by atoms with Gasteiger partial charge in [0, 0.05) is 11.6 Å². The summed E-state index contributed by atoms with van der Waals surface area (Å²) in [6, 6.07) is 18.2. The van der Waals surface area contributed by atoms with Crippen LogP contribution in [0.3, 0.4) is 0 Å². The van der Waals surface area contributed by atoms with Crippen molar-refractivity contribution in [3.8, 4) is 11.3 Å². The summed E-state index contributed by atoms with van der Waals surface area (Å²) in [6.45, 7) is 2.08. The molecule has 0 atom stereocenters. The van der Waals surface area contributed by atoms with Crippen LogP contribution in [0.25, 0.3) is 11.3 Å². The van der Waals surface area contributed by atoms with Crippen LogP contribution in [0.15, 0.2) is 70.1 Å². The largest absolute Gasteiger partial charge is 0.359 e. The third-order valence-electron chi connectivity index (χ3n) is 3.71. The SMILES string of the molecule is CCc1ccc(S(=O)(=O)NCc2cc(-c3ccccc3)no2)cc1. The lowest BCUT2D eigenvalue weighted by Crippen LogP contribution is -2.23. The Kier molecular flexibility index (Phi) is 4.78. The zero-order valence-corrected chi connectivity index (χ0v) is 14.1. The van der Waals surface area contributed by atoms with E-state index in [1.54, 1.807) is 18.2 Å². The molecule has 5 nitrogen and oxygen atoms in total.